The molecule has 0 bridgehead atoms. The minimum atomic E-state index is -0.375. The van der Waals surface area contributed by atoms with E-state index in [1.54, 1.807) is 24.3 Å². The van der Waals surface area contributed by atoms with Gasteiger partial charge in [-0.05, 0) is 31.2 Å². The zero-order chi connectivity index (χ0) is 13.0. The third-order valence-electron chi connectivity index (χ3n) is 3.51. The zero-order valence-corrected chi connectivity index (χ0v) is 10.3. The first-order valence-electron chi connectivity index (χ1n) is 6.37. The predicted molar refractivity (Wildman–Crippen MR) is 70.2 cm³/mol. The van der Waals surface area contributed by atoms with Crippen molar-refractivity contribution >= 4 is 5.69 Å². The molecule has 0 radical (unpaired) electrons. The minimum absolute atomic E-state index is 0.141. The molecule has 2 rings (SSSR count). The number of nitrogens with zero attached hydrogens (tertiary/aromatic N) is 1. The molecule has 3 N–H and O–H groups in total. The summed E-state index contributed by atoms with van der Waals surface area (Å²) in [6.07, 6.45) is 4.40. The molecule has 0 amide bonds. The lowest BCUT2D eigenvalue weighted by atomic mass is 9.92. The molecule has 0 aliphatic heterocycles. The summed E-state index contributed by atoms with van der Waals surface area (Å²) in [7, 11) is 0. The van der Waals surface area contributed by atoms with Crippen molar-refractivity contribution in [2.45, 2.75) is 44.3 Å². The maximum Gasteiger partial charge on any atom is 0.269 e. The Morgan fingerprint density at radius 3 is 2.39 bits per heavy atom. The fraction of sp³-hybridized carbons (Fsp3) is 0.538. The van der Waals surface area contributed by atoms with Crippen LogP contribution in [0.25, 0.3) is 0 Å². The standard InChI is InChI=1S/C13H19N3O2/c14-11-3-5-12(6-4-11)15-9-10-1-7-13(8-2-10)16(17)18/h1-2,7-8,11-12,15H,3-6,9,14H2. The van der Waals surface area contributed by atoms with Gasteiger partial charge in [0.2, 0.25) is 0 Å². The number of non-ortho nitro benzene ring substituents is 1. The summed E-state index contributed by atoms with van der Waals surface area (Å²) in [4.78, 5) is 10.2. The Morgan fingerprint density at radius 2 is 1.83 bits per heavy atom. The van der Waals surface area contributed by atoms with E-state index in [0.29, 0.717) is 12.1 Å². The van der Waals surface area contributed by atoms with Crippen LogP contribution in [-0.2, 0) is 6.54 Å². The van der Waals surface area contributed by atoms with Crippen molar-refractivity contribution in [1.82, 2.24) is 5.32 Å². The third kappa shape index (κ3) is 3.51. The second-order valence-corrected chi connectivity index (χ2v) is 4.92. The van der Waals surface area contributed by atoms with Gasteiger partial charge in [0.05, 0.1) is 4.92 Å². The van der Waals surface area contributed by atoms with Gasteiger partial charge < -0.3 is 11.1 Å². The molecule has 0 unspecified atom stereocenters. The average Bonchev–Trinajstić information content (AvgIpc) is 2.38. The lowest BCUT2D eigenvalue weighted by Gasteiger charge is -2.26. The van der Waals surface area contributed by atoms with Gasteiger partial charge in [-0.25, -0.2) is 0 Å². The molecule has 0 saturated heterocycles. The Labute approximate surface area is 107 Å². The first kappa shape index (κ1) is 13.0. The number of benzene rings is 1. The average molecular weight is 249 g/mol. The van der Waals surface area contributed by atoms with E-state index in [0.717, 1.165) is 37.8 Å². The van der Waals surface area contributed by atoms with Crippen molar-refractivity contribution in [3.63, 3.8) is 0 Å². The van der Waals surface area contributed by atoms with E-state index >= 15 is 0 Å². The highest BCUT2D eigenvalue weighted by molar-refractivity contribution is 5.32. The molecule has 98 valence electrons. The predicted octanol–water partition coefficient (Wildman–Crippen LogP) is 1.95. The second kappa shape index (κ2) is 5.93. The zero-order valence-electron chi connectivity index (χ0n) is 10.3. The van der Waals surface area contributed by atoms with Crippen LogP contribution in [0.1, 0.15) is 31.2 Å². The van der Waals surface area contributed by atoms with E-state index in [-0.39, 0.29) is 10.6 Å². The topological polar surface area (TPSA) is 81.2 Å². The number of nitro benzene ring substituents is 1. The maximum atomic E-state index is 10.5. The van der Waals surface area contributed by atoms with Crippen molar-refractivity contribution in [1.29, 1.82) is 0 Å². The largest absolute Gasteiger partial charge is 0.328 e. The molecular formula is C13H19N3O2. The van der Waals surface area contributed by atoms with Crippen molar-refractivity contribution < 1.29 is 4.92 Å². The van der Waals surface area contributed by atoms with Crippen molar-refractivity contribution in [3.8, 4) is 0 Å². The Hall–Kier alpha value is -1.46. The van der Waals surface area contributed by atoms with E-state index in [1.165, 1.54) is 0 Å². The van der Waals surface area contributed by atoms with Crippen LogP contribution >= 0.6 is 0 Å². The number of nitrogens with one attached hydrogen (secondary N) is 1. The first-order valence-corrected chi connectivity index (χ1v) is 6.37. The highest BCUT2D eigenvalue weighted by Crippen LogP contribution is 2.18. The second-order valence-electron chi connectivity index (χ2n) is 4.92. The van der Waals surface area contributed by atoms with Crippen LogP contribution in [0.3, 0.4) is 0 Å². The molecule has 1 saturated carbocycles. The molecular weight excluding hydrogens is 230 g/mol. The molecule has 1 aromatic rings. The van der Waals surface area contributed by atoms with Crippen LogP contribution in [0.15, 0.2) is 24.3 Å². The Bertz CT molecular complexity index is 397. The Balaban J connectivity index is 1.81. The molecule has 1 aliphatic rings. The van der Waals surface area contributed by atoms with E-state index in [1.807, 2.05) is 0 Å². The summed E-state index contributed by atoms with van der Waals surface area (Å²) in [5.41, 5.74) is 7.08. The van der Waals surface area contributed by atoms with Crippen LogP contribution in [0.4, 0.5) is 5.69 Å². The molecule has 1 aromatic carbocycles. The third-order valence-corrected chi connectivity index (χ3v) is 3.51. The SMILES string of the molecule is NC1CCC(NCc2ccc([N+](=O)[O-])cc2)CC1. The van der Waals surface area contributed by atoms with Crippen LogP contribution in [0.5, 0.6) is 0 Å². The van der Waals surface area contributed by atoms with E-state index < -0.39 is 0 Å². The molecule has 5 heteroatoms. The molecule has 0 heterocycles. The van der Waals surface area contributed by atoms with Gasteiger partial charge in [-0.1, -0.05) is 12.1 Å². The quantitative estimate of drug-likeness (QED) is 0.631. The van der Waals surface area contributed by atoms with Crippen molar-refractivity contribution in [2.75, 3.05) is 0 Å². The van der Waals surface area contributed by atoms with Gasteiger partial charge in [0.25, 0.3) is 5.69 Å². The summed E-state index contributed by atoms with van der Waals surface area (Å²) in [6, 6.07) is 7.60. The van der Waals surface area contributed by atoms with Crippen LogP contribution in [0.2, 0.25) is 0 Å². The normalized spacial score (nSPS) is 23.8. The van der Waals surface area contributed by atoms with Crippen LogP contribution < -0.4 is 11.1 Å². The molecule has 18 heavy (non-hydrogen) atoms. The Morgan fingerprint density at radius 1 is 1.22 bits per heavy atom. The highest BCUT2D eigenvalue weighted by atomic mass is 16.6. The molecule has 5 nitrogen and oxygen atoms in total. The number of nitrogens with two attached hydrogens (primary N) is 1. The molecule has 1 fully saturated rings. The van der Waals surface area contributed by atoms with Gasteiger partial charge in [0.15, 0.2) is 0 Å². The number of nitro groups is 1. The summed E-state index contributed by atoms with van der Waals surface area (Å²) < 4.78 is 0. The Kier molecular flexibility index (Phi) is 4.28. The smallest absolute Gasteiger partial charge is 0.269 e. The monoisotopic (exact) mass is 249 g/mol. The fourth-order valence-electron chi connectivity index (χ4n) is 2.32. The van der Waals surface area contributed by atoms with Gasteiger partial charge in [-0.15, -0.1) is 0 Å². The molecule has 0 spiro atoms. The summed E-state index contributed by atoms with van der Waals surface area (Å²) >= 11 is 0. The number of rotatable bonds is 4. The molecule has 0 aromatic heterocycles. The summed E-state index contributed by atoms with van der Waals surface area (Å²) in [5, 5.41) is 14.0. The van der Waals surface area contributed by atoms with Gasteiger partial charge in [0, 0.05) is 30.8 Å². The number of hydrogen-bond donors (Lipinski definition) is 2. The van der Waals surface area contributed by atoms with Gasteiger partial charge in [-0.3, -0.25) is 10.1 Å². The lowest BCUT2D eigenvalue weighted by molar-refractivity contribution is -0.384. The first-order chi connectivity index (χ1) is 8.65. The van der Waals surface area contributed by atoms with E-state index in [9.17, 15) is 10.1 Å². The summed E-state index contributed by atoms with van der Waals surface area (Å²) in [6.45, 7) is 0.762. The fourth-order valence-corrected chi connectivity index (χ4v) is 2.32. The molecule has 1 aliphatic carbocycles. The highest BCUT2D eigenvalue weighted by Gasteiger charge is 2.17. The summed E-state index contributed by atoms with van der Waals surface area (Å²) in [5.74, 6) is 0. The molecule has 0 atom stereocenters. The van der Waals surface area contributed by atoms with E-state index in [2.05, 4.69) is 5.32 Å². The van der Waals surface area contributed by atoms with Gasteiger partial charge >= 0.3 is 0 Å². The number of hydrogen-bond acceptors (Lipinski definition) is 4. The van der Waals surface area contributed by atoms with Crippen molar-refractivity contribution in [3.05, 3.63) is 39.9 Å². The maximum absolute atomic E-state index is 10.5. The van der Waals surface area contributed by atoms with Crippen LogP contribution in [0, 0.1) is 10.1 Å². The van der Waals surface area contributed by atoms with Gasteiger partial charge in [-0.2, -0.15) is 0 Å². The van der Waals surface area contributed by atoms with Crippen molar-refractivity contribution in [2.24, 2.45) is 5.73 Å². The van der Waals surface area contributed by atoms with Gasteiger partial charge in [0.1, 0.15) is 0 Å². The lowest BCUT2D eigenvalue weighted by Crippen LogP contribution is -2.36. The minimum Gasteiger partial charge on any atom is -0.328 e. The van der Waals surface area contributed by atoms with Crippen LogP contribution in [-0.4, -0.2) is 17.0 Å². The van der Waals surface area contributed by atoms with E-state index in [4.69, 9.17) is 5.73 Å².